The molecule has 1 aliphatic heterocycles. The monoisotopic (exact) mass is 487 g/mol. The summed E-state index contributed by atoms with van der Waals surface area (Å²) >= 11 is 0. The molecule has 0 unspecified atom stereocenters. The van der Waals surface area contributed by atoms with Crippen molar-refractivity contribution in [1.82, 2.24) is 10.2 Å². The van der Waals surface area contributed by atoms with Gasteiger partial charge in [-0.3, -0.25) is 4.99 Å². The number of nitrogens with zero attached hydrogens (tertiary/aromatic N) is 2. The Bertz CT molecular complexity index is 719. The van der Waals surface area contributed by atoms with E-state index >= 15 is 0 Å². The van der Waals surface area contributed by atoms with Crippen LogP contribution in [0.2, 0.25) is 0 Å². The van der Waals surface area contributed by atoms with Crippen LogP contribution >= 0.6 is 24.0 Å². The lowest BCUT2D eigenvalue weighted by molar-refractivity contribution is 0.353. The first-order valence-electron chi connectivity index (χ1n) is 7.77. The summed E-state index contributed by atoms with van der Waals surface area (Å²) in [6.07, 6.45) is 0.434. The van der Waals surface area contributed by atoms with E-state index in [4.69, 9.17) is 0 Å². The number of hydrogen-bond donors (Lipinski definition) is 1. The Morgan fingerprint density at radius 1 is 1.28 bits per heavy atom. The molecule has 142 valence electrons. The first-order chi connectivity index (χ1) is 11.1. The highest BCUT2D eigenvalue weighted by molar-refractivity contribution is 14.0. The zero-order valence-corrected chi connectivity index (χ0v) is 17.7. The molecule has 5 nitrogen and oxygen atoms in total. The van der Waals surface area contributed by atoms with Gasteiger partial charge in [0.25, 0.3) is 0 Å². The van der Waals surface area contributed by atoms with Crippen LogP contribution in [-0.2, 0) is 16.3 Å². The van der Waals surface area contributed by atoms with E-state index in [2.05, 4.69) is 10.3 Å². The maximum absolute atomic E-state index is 13.2. The van der Waals surface area contributed by atoms with Crippen LogP contribution in [0.15, 0.2) is 23.2 Å². The fraction of sp³-hybridized carbons (Fsp3) is 0.562. The third kappa shape index (κ3) is 5.50. The largest absolute Gasteiger partial charge is 0.356 e. The van der Waals surface area contributed by atoms with Gasteiger partial charge in [-0.15, -0.1) is 24.0 Å². The van der Waals surface area contributed by atoms with E-state index in [9.17, 15) is 17.2 Å². The van der Waals surface area contributed by atoms with Crippen molar-refractivity contribution in [2.75, 3.05) is 32.4 Å². The molecule has 0 amide bonds. The number of sulfone groups is 1. The van der Waals surface area contributed by atoms with Crippen LogP contribution in [0.4, 0.5) is 8.78 Å². The molecule has 1 N–H and O–H groups in total. The molecule has 0 saturated carbocycles. The Morgan fingerprint density at radius 3 is 2.40 bits per heavy atom. The molecule has 1 aliphatic rings. The lowest BCUT2D eigenvalue weighted by Crippen LogP contribution is -2.57. The molecule has 0 radical (unpaired) electrons. The zero-order valence-electron chi connectivity index (χ0n) is 14.6. The maximum atomic E-state index is 13.2. The number of benzene rings is 1. The van der Waals surface area contributed by atoms with Gasteiger partial charge < -0.3 is 10.2 Å². The van der Waals surface area contributed by atoms with Gasteiger partial charge in [-0.25, -0.2) is 17.2 Å². The zero-order chi connectivity index (χ0) is 18.0. The van der Waals surface area contributed by atoms with E-state index in [1.807, 2.05) is 4.90 Å². The number of guanidine groups is 1. The van der Waals surface area contributed by atoms with Crippen LogP contribution in [0, 0.1) is 11.6 Å². The minimum absolute atomic E-state index is 0. The van der Waals surface area contributed by atoms with E-state index in [-0.39, 0.29) is 29.7 Å². The minimum Gasteiger partial charge on any atom is -0.356 e. The second kappa shape index (κ2) is 8.61. The van der Waals surface area contributed by atoms with Gasteiger partial charge in [-0.2, -0.15) is 0 Å². The Kier molecular flexibility index (Phi) is 7.60. The highest BCUT2D eigenvalue weighted by Gasteiger charge is 2.40. The molecule has 1 saturated heterocycles. The van der Waals surface area contributed by atoms with Crippen molar-refractivity contribution in [3.63, 3.8) is 0 Å². The van der Waals surface area contributed by atoms with Crippen molar-refractivity contribution in [1.29, 1.82) is 0 Å². The lowest BCUT2D eigenvalue weighted by Gasteiger charge is -2.39. The summed E-state index contributed by atoms with van der Waals surface area (Å²) in [6.45, 7) is 4.58. The number of rotatable bonds is 3. The fourth-order valence-electron chi connectivity index (χ4n) is 2.73. The topological polar surface area (TPSA) is 61.8 Å². The lowest BCUT2D eigenvalue weighted by atomic mass is 10.1. The van der Waals surface area contributed by atoms with Gasteiger partial charge in [-0.05, 0) is 38.0 Å². The summed E-state index contributed by atoms with van der Waals surface area (Å²) in [5.74, 6) is -0.528. The molecule has 25 heavy (non-hydrogen) atoms. The molecule has 1 aromatic carbocycles. The van der Waals surface area contributed by atoms with Crippen LogP contribution in [-0.4, -0.2) is 56.5 Å². The molecule has 1 fully saturated rings. The van der Waals surface area contributed by atoms with E-state index in [1.54, 1.807) is 20.9 Å². The van der Waals surface area contributed by atoms with Gasteiger partial charge in [0.05, 0.1) is 10.5 Å². The quantitative estimate of drug-likeness (QED) is 0.404. The van der Waals surface area contributed by atoms with E-state index in [1.165, 1.54) is 12.1 Å². The van der Waals surface area contributed by atoms with Gasteiger partial charge in [-0.1, -0.05) is 0 Å². The highest BCUT2D eigenvalue weighted by atomic mass is 127. The Morgan fingerprint density at radius 2 is 1.88 bits per heavy atom. The first-order valence-corrected chi connectivity index (χ1v) is 9.43. The Labute approximate surface area is 164 Å². The van der Waals surface area contributed by atoms with Gasteiger partial charge in [0.15, 0.2) is 15.8 Å². The summed E-state index contributed by atoms with van der Waals surface area (Å²) in [5, 5.41) is 3.13. The standard InChI is InChI=1S/C16H23F2N3O2S.HI/c1-16(2)11-21(6-7-24(16,22)23)15(19-3)20-5-4-12-8-13(17)10-14(18)9-12;/h8-10H,4-7,11H2,1-3H3,(H,19,20);1H. The van der Waals surface area contributed by atoms with Crippen LogP contribution in [0.25, 0.3) is 0 Å². The summed E-state index contributed by atoms with van der Waals surface area (Å²) in [4.78, 5) is 6.08. The molecule has 0 aliphatic carbocycles. The molecule has 1 heterocycles. The number of halogens is 3. The average Bonchev–Trinajstić information content (AvgIpc) is 2.46. The third-order valence-electron chi connectivity index (χ3n) is 4.17. The maximum Gasteiger partial charge on any atom is 0.193 e. The summed E-state index contributed by atoms with van der Waals surface area (Å²) < 4.78 is 49.7. The summed E-state index contributed by atoms with van der Waals surface area (Å²) in [5.41, 5.74) is 0.553. The van der Waals surface area contributed by atoms with Crippen LogP contribution in [0.5, 0.6) is 0 Å². The van der Waals surface area contributed by atoms with Gasteiger partial charge >= 0.3 is 0 Å². The third-order valence-corrected chi connectivity index (χ3v) is 6.71. The van der Waals surface area contributed by atoms with Crippen LogP contribution < -0.4 is 5.32 Å². The number of aliphatic imine (C=N–C) groups is 1. The van der Waals surface area contributed by atoms with E-state index < -0.39 is 26.2 Å². The van der Waals surface area contributed by atoms with Crippen molar-refractivity contribution in [3.8, 4) is 0 Å². The molecule has 2 rings (SSSR count). The van der Waals surface area contributed by atoms with Gasteiger partial charge in [0, 0.05) is 32.7 Å². The molecular formula is C16H24F2IN3O2S. The second-order valence-corrected chi connectivity index (χ2v) is 9.24. The van der Waals surface area contributed by atoms with E-state index in [0.717, 1.165) is 6.07 Å². The van der Waals surface area contributed by atoms with E-state index in [0.29, 0.717) is 37.6 Å². The number of nitrogens with one attached hydrogen (secondary N) is 1. The molecule has 0 aromatic heterocycles. The summed E-state index contributed by atoms with van der Waals surface area (Å²) in [6, 6.07) is 3.43. The minimum atomic E-state index is -3.12. The van der Waals surface area contributed by atoms with Crippen molar-refractivity contribution < 1.29 is 17.2 Å². The molecule has 0 atom stereocenters. The summed E-state index contributed by atoms with van der Waals surface area (Å²) in [7, 11) is -1.49. The van der Waals surface area contributed by atoms with Gasteiger partial charge in [0.1, 0.15) is 11.6 Å². The highest BCUT2D eigenvalue weighted by Crippen LogP contribution is 2.23. The Hall–Kier alpha value is -0.970. The van der Waals surface area contributed by atoms with Crippen molar-refractivity contribution in [3.05, 3.63) is 35.4 Å². The predicted octanol–water partition coefficient (Wildman–Crippen LogP) is 2.21. The molecule has 1 aromatic rings. The van der Waals surface area contributed by atoms with Crippen molar-refractivity contribution in [2.24, 2.45) is 4.99 Å². The van der Waals surface area contributed by atoms with Crippen LogP contribution in [0.3, 0.4) is 0 Å². The average molecular weight is 487 g/mol. The first kappa shape index (κ1) is 22.1. The Balaban J connectivity index is 0.00000312. The normalized spacial score (nSPS) is 19.2. The predicted molar refractivity (Wildman–Crippen MR) is 106 cm³/mol. The SMILES string of the molecule is CN=C(NCCc1cc(F)cc(F)c1)N1CCS(=O)(=O)C(C)(C)C1.I. The molecule has 0 spiro atoms. The van der Waals surface area contributed by atoms with Crippen LogP contribution in [0.1, 0.15) is 19.4 Å². The molecule has 0 bridgehead atoms. The molecular weight excluding hydrogens is 463 g/mol. The van der Waals surface area contributed by atoms with Crippen molar-refractivity contribution >= 4 is 39.8 Å². The fourth-order valence-corrected chi connectivity index (χ4v) is 4.10. The number of hydrogen-bond acceptors (Lipinski definition) is 3. The van der Waals surface area contributed by atoms with Crippen molar-refractivity contribution in [2.45, 2.75) is 25.0 Å². The second-order valence-electron chi connectivity index (χ2n) is 6.50. The molecule has 9 heteroatoms. The van der Waals surface area contributed by atoms with Gasteiger partial charge in [0.2, 0.25) is 0 Å². The smallest absolute Gasteiger partial charge is 0.193 e.